The molecule has 2 aromatic rings. The molecule has 1 saturated heterocycles. The molecule has 0 bridgehead atoms. The number of hydrogen-bond acceptors (Lipinski definition) is 8. The number of aryl methyl sites for hydroxylation is 1. The van der Waals surface area contributed by atoms with Crippen molar-refractivity contribution < 1.29 is 22.5 Å². The minimum Gasteiger partial charge on any atom is -0.482 e. The molecule has 3 heterocycles. The first-order valence-electron chi connectivity index (χ1n) is 8.90. The van der Waals surface area contributed by atoms with Crippen LogP contribution in [-0.2, 0) is 21.4 Å². The number of nitrogens with zero attached hydrogens (tertiary/aromatic N) is 5. The van der Waals surface area contributed by atoms with Gasteiger partial charge in [0.25, 0.3) is 5.91 Å². The molecule has 1 amide bonds. The summed E-state index contributed by atoms with van der Waals surface area (Å²) in [7, 11) is -1.70. The van der Waals surface area contributed by atoms with Gasteiger partial charge in [-0.05, 0) is 25.2 Å². The van der Waals surface area contributed by atoms with Crippen molar-refractivity contribution in [2.75, 3.05) is 44.7 Å². The maximum absolute atomic E-state index is 13.1. The van der Waals surface area contributed by atoms with Crippen molar-refractivity contribution in [3.05, 3.63) is 29.9 Å². The number of amides is 1. The van der Waals surface area contributed by atoms with Gasteiger partial charge in [0, 0.05) is 33.1 Å². The molecule has 4 rings (SSSR count). The second kappa shape index (κ2) is 7.15. The molecule has 11 heteroatoms. The lowest BCUT2D eigenvalue weighted by atomic mass is 10.2. The van der Waals surface area contributed by atoms with Crippen molar-refractivity contribution >= 4 is 21.6 Å². The Labute approximate surface area is 162 Å². The molecule has 0 saturated carbocycles. The number of sulfonamides is 1. The molecule has 0 unspecified atom stereocenters. The van der Waals surface area contributed by atoms with Crippen LogP contribution in [-0.4, -0.2) is 73.5 Å². The van der Waals surface area contributed by atoms with E-state index in [0.717, 1.165) is 0 Å². The number of ether oxygens (including phenoxy) is 1. The van der Waals surface area contributed by atoms with Crippen LogP contribution in [0.5, 0.6) is 5.75 Å². The highest BCUT2D eigenvalue weighted by molar-refractivity contribution is 7.89. The summed E-state index contributed by atoms with van der Waals surface area (Å²) in [5.41, 5.74) is 0.383. The van der Waals surface area contributed by atoms with Crippen molar-refractivity contribution in [3.63, 3.8) is 0 Å². The zero-order valence-corrected chi connectivity index (χ0v) is 16.5. The number of likely N-dealkylation sites (N-methyl/N-ethyl adjacent to an activating group) is 1. The van der Waals surface area contributed by atoms with Crippen molar-refractivity contribution in [1.82, 2.24) is 19.3 Å². The van der Waals surface area contributed by atoms with E-state index in [1.54, 1.807) is 13.0 Å². The molecule has 0 spiro atoms. The summed E-state index contributed by atoms with van der Waals surface area (Å²) in [4.78, 5) is 20.2. The minimum atomic E-state index is -3.67. The molecule has 2 aliphatic rings. The Balaban J connectivity index is 1.66. The fraction of sp³-hybridized carbons (Fsp3) is 0.471. The van der Waals surface area contributed by atoms with Gasteiger partial charge in [-0.2, -0.15) is 9.29 Å². The van der Waals surface area contributed by atoms with Crippen LogP contribution >= 0.6 is 0 Å². The number of piperazine rings is 1. The Morgan fingerprint density at radius 2 is 1.93 bits per heavy atom. The van der Waals surface area contributed by atoms with Crippen LogP contribution in [0.1, 0.15) is 11.7 Å². The monoisotopic (exact) mass is 407 g/mol. The Morgan fingerprint density at radius 3 is 2.61 bits per heavy atom. The van der Waals surface area contributed by atoms with E-state index in [1.165, 1.54) is 21.3 Å². The quantitative estimate of drug-likeness (QED) is 0.709. The maximum Gasteiger partial charge on any atom is 0.265 e. The molecular formula is C17H21N5O5S. The molecule has 2 aliphatic heterocycles. The van der Waals surface area contributed by atoms with Gasteiger partial charge < -0.3 is 14.2 Å². The molecule has 0 N–H and O–H groups in total. The smallest absolute Gasteiger partial charge is 0.265 e. The largest absolute Gasteiger partial charge is 0.482 e. The van der Waals surface area contributed by atoms with Gasteiger partial charge in [0.1, 0.15) is 5.75 Å². The van der Waals surface area contributed by atoms with Crippen LogP contribution < -0.4 is 9.64 Å². The molecule has 1 aromatic carbocycles. The first-order chi connectivity index (χ1) is 13.3. The lowest BCUT2D eigenvalue weighted by molar-refractivity contribution is -0.121. The van der Waals surface area contributed by atoms with Gasteiger partial charge in [0.05, 0.1) is 17.1 Å². The van der Waals surface area contributed by atoms with Gasteiger partial charge in [0.2, 0.25) is 15.9 Å². The van der Waals surface area contributed by atoms with E-state index in [0.29, 0.717) is 49.3 Å². The van der Waals surface area contributed by atoms with E-state index in [4.69, 9.17) is 9.26 Å². The highest BCUT2D eigenvalue weighted by Crippen LogP contribution is 2.35. The Bertz CT molecular complexity index is 997. The standard InChI is InChI=1S/C17H21N5O5S/c1-12-18-16(19-27-12)10-22-14-9-13(3-4-15(14)26-11-17(22)23)28(24,25)21-7-5-20(2)6-8-21/h3-4,9H,5-8,10-11H2,1-2H3. The summed E-state index contributed by atoms with van der Waals surface area (Å²) in [6.45, 7) is 3.81. The third-order valence-electron chi connectivity index (χ3n) is 4.84. The molecule has 1 aromatic heterocycles. The van der Waals surface area contributed by atoms with E-state index in [-0.39, 0.29) is 24.0 Å². The Hall–Kier alpha value is -2.50. The molecule has 28 heavy (non-hydrogen) atoms. The van der Waals surface area contributed by atoms with Crippen molar-refractivity contribution in [1.29, 1.82) is 0 Å². The number of carbonyl (C=O) groups is 1. The average Bonchev–Trinajstić information content (AvgIpc) is 3.09. The Kier molecular flexibility index (Phi) is 4.81. The summed E-state index contributed by atoms with van der Waals surface area (Å²) >= 11 is 0. The maximum atomic E-state index is 13.1. The zero-order chi connectivity index (χ0) is 19.9. The molecule has 150 valence electrons. The van der Waals surface area contributed by atoms with Crippen LogP contribution in [0.4, 0.5) is 5.69 Å². The van der Waals surface area contributed by atoms with Crippen molar-refractivity contribution in [2.24, 2.45) is 0 Å². The second-order valence-corrected chi connectivity index (χ2v) is 8.77. The highest BCUT2D eigenvalue weighted by Gasteiger charge is 2.32. The topological polar surface area (TPSA) is 109 Å². The summed E-state index contributed by atoms with van der Waals surface area (Å²) in [6, 6.07) is 4.57. The number of carbonyl (C=O) groups excluding carboxylic acids is 1. The minimum absolute atomic E-state index is 0.0740. The van der Waals surface area contributed by atoms with Crippen molar-refractivity contribution in [2.45, 2.75) is 18.4 Å². The van der Waals surface area contributed by atoms with Crippen LogP contribution in [0, 0.1) is 6.92 Å². The highest BCUT2D eigenvalue weighted by atomic mass is 32.2. The average molecular weight is 407 g/mol. The number of benzene rings is 1. The molecule has 1 fully saturated rings. The lowest BCUT2D eigenvalue weighted by Gasteiger charge is -2.32. The van der Waals surface area contributed by atoms with Gasteiger partial charge in [-0.15, -0.1) is 0 Å². The van der Waals surface area contributed by atoms with E-state index in [1.807, 2.05) is 7.05 Å². The second-order valence-electron chi connectivity index (χ2n) is 6.84. The van der Waals surface area contributed by atoms with Crippen LogP contribution in [0.2, 0.25) is 0 Å². The first kappa shape index (κ1) is 18.8. The number of hydrogen-bond donors (Lipinski definition) is 0. The van der Waals surface area contributed by atoms with Gasteiger partial charge in [0.15, 0.2) is 12.4 Å². The lowest BCUT2D eigenvalue weighted by Crippen LogP contribution is -2.47. The van der Waals surface area contributed by atoms with Gasteiger partial charge in [-0.25, -0.2) is 8.42 Å². The third-order valence-corrected chi connectivity index (χ3v) is 6.74. The summed E-state index contributed by atoms with van der Waals surface area (Å²) in [5.74, 6) is 0.870. The predicted molar refractivity (Wildman–Crippen MR) is 98.4 cm³/mol. The molecule has 0 atom stereocenters. The number of rotatable bonds is 4. The fourth-order valence-corrected chi connectivity index (χ4v) is 4.68. The third kappa shape index (κ3) is 3.48. The number of aromatic nitrogens is 2. The molecule has 10 nitrogen and oxygen atoms in total. The summed E-state index contributed by atoms with van der Waals surface area (Å²) < 4.78 is 38.0. The van der Waals surface area contributed by atoms with E-state index >= 15 is 0 Å². The van der Waals surface area contributed by atoms with E-state index in [9.17, 15) is 13.2 Å². The van der Waals surface area contributed by atoms with Crippen LogP contribution in [0.15, 0.2) is 27.6 Å². The predicted octanol–water partition coefficient (Wildman–Crippen LogP) is 0.240. The van der Waals surface area contributed by atoms with E-state index < -0.39 is 10.0 Å². The molecule has 0 aliphatic carbocycles. The van der Waals surface area contributed by atoms with Crippen molar-refractivity contribution in [3.8, 4) is 5.75 Å². The van der Waals surface area contributed by atoms with E-state index in [2.05, 4.69) is 15.0 Å². The Morgan fingerprint density at radius 1 is 1.18 bits per heavy atom. The summed E-state index contributed by atoms with van der Waals surface area (Å²) in [6.07, 6.45) is 0. The molecular weight excluding hydrogens is 386 g/mol. The molecule has 0 radical (unpaired) electrons. The normalized spacial score (nSPS) is 18.8. The summed E-state index contributed by atoms with van der Waals surface area (Å²) in [5, 5.41) is 3.82. The zero-order valence-electron chi connectivity index (χ0n) is 15.7. The number of anilines is 1. The van der Waals surface area contributed by atoms with Crippen LogP contribution in [0.3, 0.4) is 0 Å². The van der Waals surface area contributed by atoms with Gasteiger partial charge >= 0.3 is 0 Å². The first-order valence-corrected chi connectivity index (χ1v) is 10.3. The van der Waals surface area contributed by atoms with Crippen LogP contribution in [0.25, 0.3) is 0 Å². The van der Waals surface area contributed by atoms with Gasteiger partial charge in [-0.1, -0.05) is 5.16 Å². The fourth-order valence-electron chi connectivity index (χ4n) is 3.24. The number of fused-ring (bicyclic) bond motifs is 1. The SMILES string of the molecule is Cc1nc(CN2C(=O)COc3ccc(S(=O)(=O)N4CCN(C)CC4)cc32)no1. The van der Waals surface area contributed by atoms with Gasteiger partial charge in [-0.3, -0.25) is 9.69 Å².